The van der Waals surface area contributed by atoms with Crippen molar-refractivity contribution in [3.05, 3.63) is 58.8 Å². The van der Waals surface area contributed by atoms with Crippen LogP contribution in [-0.2, 0) is 7.05 Å². The first kappa shape index (κ1) is 19.9. The molecule has 1 amide bonds. The maximum atomic E-state index is 12.8. The number of rotatable bonds is 4. The molecule has 0 spiro atoms. The lowest BCUT2D eigenvalue weighted by Crippen LogP contribution is -2.49. The Morgan fingerprint density at radius 3 is 2.60 bits per heavy atom. The van der Waals surface area contributed by atoms with Crippen LogP contribution in [0.2, 0.25) is 0 Å². The molecule has 8 heteroatoms. The normalized spacial score (nSPS) is 14.4. The van der Waals surface area contributed by atoms with Crippen molar-refractivity contribution in [3.8, 4) is 5.88 Å². The summed E-state index contributed by atoms with van der Waals surface area (Å²) in [6, 6.07) is 9.34. The number of aryl methyl sites for hydroxylation is 1. The van der Waals surface area contributed by atoms with Gasteiger partial charge in [-0.1, -0.05) is 0 Å². The van der Waals surface area contributed by atoms with Gasteiger partial charge in [0.05, 0.1) is 17.0 Å². The van der Waals surface area contributed by atoms with Gasteiger partial charge in [-0.3, -0.25) is 9.59 Å². The first-order valence-corrected chi connectivity index (χ1v) is 10.1. The monoisotopic (exact) mass is 407 g/mol. The molecule has 3 aromatic rings. The summed E-state index contributed by atoms with van der Waals surface area (Å²) in [6.45, 7) is 6.39. The van der Waals surface area contributed by atoms with Crippen LogP contribution >= 0.6 is 0 Å². The number of hydrogen-bond donors (Lipinski definition) is 0. The Labute approximate surface area is 174 Å². The molecular formula is C22H25N5O3. The van der Waals surface area contributed by atoms with Gasteiger partial charge in [-0.25, -0.2) is 9.97 Å². The number of carbonyl (C=O) groups is 1. The summed E-state index contributed by atoms with van der Waals surface area (Å²) < 4.78 is 7.26. The van der Waals surface area contributed by atoms with E-state index in [0.29, 0.717) is 32.1 Å². The van der Waals surface area contributed by atoms with Gasteiger partial charge in [-0.15, -0.1) is 0 Å². The molecule has 1 saturated heterocycles. The van der Waals surface area contributed by atoms with Crippen molar-refractivity contribution in [2.75, 3.05) is 31.1 Å². The molecule has 0 bridgehead atoms. The molecule has 4 rings (SSSR count). The highest BCUT2D eigenvalue weighted by molar-refractivity contribution is 5.94. The Bertz CT molecular complexity index is 1130. The van der Waals surface area contributed by atoms with E-state index in [9.17, 15) is 9.59 Å². The number of hydrogen-bond acceptors (Lipinski definition) is 6. The van der Waals surface area contributed by atoms with Gasteiger partial charge in [-0.05, 0) is 44.2 Å². The Kier molecular flexibility index (Phi) is 5.39. The number of pyridine rings is 1. The number of amides is 1. The topological polar surface area (TPSA) is 80.6 Å². The predicted molar refractivity (Wildman–Crippen MR) is 115 cm³/mol. The molecule has 1 aromatic carbocycles. The van der Waals surface area contributed by atoms with E-state index in [1.54, 1.807) is 30.3 Å². The number of ether oxygens (including phenoxy) is 1. The molecule has 0 aliphatic carbocycles. The van der Waals surface area contributed by atoms with E-state index in [2.05, 4.69) is 14.9 Å². The lowest BCUT2D eigenvalue weighted by molar-refractivity contribution is 0.0744. The van der Waals surface area contributed by atoms with E-state index in [-0.39, 0.29) is 23.1 Å². The van der Waals surface area contributed by atoms with Gasteiger partial charge in [0.25, 0.3) is 11.5 Å². The zero-order valence-electron chi connectivity index (χ0n) is 17.4. The van der Waals surface area contributed by atoms with Crippen molar-refractivity contribution in [1.82, 2.24) is 19.4 Å². The molecular weight excluding hydrogens is 382 g/mol. The predicted octanol–water partition coefficient (Wildman–Crippen LogP) is 2.08. The van der Waals surface area contributed by atoms with Gasteiger partial charge in [-0.2, -0.15) is 0 Å². The molecule has 2 aromatic heterocycles. The standard InChI is InChI=1S/C22H25N5O3/c1-15(2)30-20-18-13-16(6-7-19(18)23-14-24-20)26-9-11-27(12-10-26)22(29)17-5-4-8-25(3)21(17)28/h4-8,13-15H,9-12H2,1-3H3. The first-order valence-electron chi connectivity index (χ1n) is 10.1. The van der Waals surface area contributed by atoms with Gasteiger partial charge in [0.1, 0.15) is 11.9 Å². The van der Waals surface area contributed by atoms with Gasteiger partial charge in [0, 0.05) is 45.1 Å². The molecule has 3 heterocycles. The smallest absolute Gasteiger partial charge is 0.263 e. The fourth-order valence-corrected chi connectivity index (χ4v) is 3.63. The quantitative estimate of drug-likeness (QED) is 0.659. The van der Waals surface area contributed by atoms with Crippen LogP contribution in [0.15, 0.2) is 47.7 Å². The maximum absolute atomic E-state index is 12.8. The van der Waals surface area contributed by atoms with Gasteiger partial charge >= 0.3 is 0 Å². The van der Waals surface area contributed by atoms with Crippen molar-refractivity contribution in [2.24, 2.45) is 7.05 Å². The SMILES string of the molecule is CC(C)Oc1ncnc2ccc(N3CCN(C(=O)c4cccn(C)c4=O)CC3)cc12. The van der Waals surface area contributed by atoms with E-state index in [1.165, 1.54) is 10.9 Å². The Morgan fingerprint density at radius 2 is 1.87 bits per heavy atom. The van der Waals surface area contributed by atoms with Crippen LogP contribution in [0.4, 0.5) is 5.69 Å². The van der Waals surface area contributed by atoms with Crippen molar-refractivity contribution < 1.29 is 9.53 Å². The van der Waals surface area contributed by atoms with Crippen molar-refractivity contribution >= 4 is 22.5 Å². The Hall–Kier alpha value is -3.42. The van der Waals surface area contributed by atoms with E-state index in [0.717, 1.165) is 16.6 Å². The molecule has 156 valence electrons. The largest absolute Gasteiger partial charge is 0.474 e. The molecule has 0 radical (unpaired) electrons. The van der Waals surface area contributed by atoms with Gasteiger partial charge < -0.3 is 19.1 Å². The fourth-order valence-electron chi connectivity index (χ4n) is 3.63. The highest BCUT2D eigenvalue weighted by Crippen LogP contribution is 2.28. The second kappa shape index (κ2) is 8.14. The summed E-state index contributed by atoms with van der Waals surface area (Å²) in [4.78, 5) is 37.6. The zero-order chi connectivity index (χ0) is 21.3. The third-order valence-corrected chi connectivity index (χ3v) is 5.22. The highest BCUT2D eigenvalue weighted by Gasteiger charge is 2.24. The summed E-state index contributed by atoms with van der Waals surface area (Å²) in [5, 5.41) is 0.870. The lowest BCUT2D eigenvalue weighted by atomic mass is 10.1. The summed E-state index contributed by atoms with van der Waals surface area (Å²) in [5.41, 5.74) is 1.82. The van der Waals surface area contributed by atoms with Crippen molar-refractivity contribution in [1.29, 1.82) is 0 Å². The van der Waals surface area contributed by atoms with Gasteiger partial charge in [0.2, 0.25) is 5.88 Å². The van der Waals surface area contributed by atoms with Crippen LogP contribution in [0.3, 0.4) is 0 Å². The van der Waals surface area contributed by atoms with Crippen LogP contribution in [0.5, 0.6) is 5.88 Å². The molecule has 0 saturated carbocycles. The Morgan fingerprint density at radius 1 is 1.10 bits per heavy atom. The zero-order valence-corrected chi connectivity index (χ0v) is 17.4. The van der Waals surface area contributed by atoms with Gasteiger partial charge in [0.15, 0.2) is 0 Å². The molecule has 8 nitrogen and oxygen atoms in total. The third kappa shape index (κ3) is 3.85. The summed E-state index contributed by atoms with van der Waals surface area (Å²) >= 11 is 0. The van der Waals surface area contributed by atoms with E-state index < -0.39 is 0 Å². The molecule has 1 aliphatic rings. The van der Waals surface area contributed by atoms with Crippen molar-refractivity contribution in [3.63, 3.8) is 0 Å². The van der Waals surface area contributed by atoms with Crippen LogP contribution in [0.1, 0.15) is 24.2 Å². The minimum absolute atomic E-state index is 0.0204. The van der Waals surface area contributed by atoms with E-state index in [4.69, 9.17) is 4.74 Å². The fraction of sp³-hybridized carbons (Fsp3) is 0.364. The maximum Gasteiger partial charge on any atom is 0.263 e. The average Bonchev–Trinajstić information content (AvgIpc) is 2.75. The van der Waals surface area contributed by atoms with Crippen molar-refractivity contribution in [2.45, 2.75) is 20.0 Å². The second-order valence-electron chi connectivity index (χ2n) is 7.66. The molecule has 0 unspecified atom stereocenters. The second-order valence-corrected chi connectivity index (χ2v) is 7.66. The number of carbonyl (C=O) groups excluding carboxylic acids is 1. The molecule has 0 atom stereocenters. The van der Waals surface area contributed by atoms with Crippen LogP contribution in [-0.4, -0.2) is 57.6 Å². The summed E-state index contributed by atoms with van der Waals surface area (Å²) in [5.74, 6) is 0.362. The summed E-state index contributed by atoms with van der Waals surface area (Å²) in [7, 11) is 1.65. The number of nitrogens with zero attached hydrogens (tertiary/aromatic N) is 5. The lowest BCUT2D eigenvalue weighted by Gasteiger charge is -2.36. The minimum atomic E-state index is -0.267. The summed E-state index contributed by atoms with van der Waals surface area (Å²) in [6.07, 6.45) is 3.18. The van der Waals surface area contributed by atoms with Crippen LogP contribution < -0.4 is 15.2 Å². The number of aromatic nitrogens is 3. The number of anilines is 1. The minimum Gasteiger partial charge on any atom is -0.474 e. The van der Waals surface area contributed by atoms with E-state index >= 15 is 0 Å². The average molecular weight is 407 g/mol. The number of benzene rings is 1. The van der Waals surface area contributed by atoms with E-state index in [1.807, 2.05) is 32.0 Å². The first-order chi connectivity index (χ1) is 14.4. The van der Waals surface area contributed by atoms with Crippen LogP contribution in [0.25, 0.3) is 10.9 Å². The Balaban J connectivity index is 1.51. The number of piperazine rings is 1. The third-order valence-electron chi connectivity index (χ3n) is 5.22. The molecule has 1 aliphatic heterocycles. The molecule has 1 fully saturated rings. The van der Waals surface area contributed by atoms with Crippen LogP contribution in [0, 0.1) is 0 Å². The number of fused-ring (bicyclic) bond motifs is 1. The highest BCUT2D eigenvalue weighted by atomic mass is 16.5. The molecule has 30 heavy (non-hydrogen) atoms. The molecule has 0 N–H and O–H groups in total.